The topological polar surface area (TPSA) is 43.1 Å². The van der Waals surface area contributed by atoms with Crippen LogP contribution < -0.4 is 0 Å². The van der Waals surface area contributed by atoms with E-state index >= 15 is 0 Å². The summed E-state index contributed by atoms with van der Waals surface area (Å²) < 4.78 is 12.8. The summed E-state index contributed by atoms with van der Waals surface area (Å²) in [5, 5.41) is 10.7. The second-order valence-electron chi connectivity index (χ2n) is 2.99. The van der Waals surface area contributed by atoms with Gasteiger partial charge in [0.15, 0.2) is 0 Å². The second kappa shape index (κ2) is 4.50. The van der Waals surface area contributed by atoms with Crippen LogP contribution in [0.25, 0.3) is 0 Å². The smallest absolute Gasteiger partial charge is 0.258 e. The summed E-state index contributed by atoms with van der Waals surface area (Å²) in [5.74, 6) is -0.451. The Morgan fingerprint density at radius 3 is 2.79 bits per heavy atom. The van der Waals surface area contributed by atoms with E-state index in [1.54, 1.807) is 25.1 Å². The summed E-state index contributed by atoms with van der Waals surface area (Å²) in [6.07, 6.45) is 0. The summed E-state index contributed by atoms with van der Waals surface area (Å²) in [6.45, 7) is 1.02. The highest BCUT2D eigenvalue weighted by Crippen LogP contribution is 2.33. The number of halogens is 2. The van der Waals surface area contributed by atoms with E-state index in [2.05, 4.69) is 15.9 Å². The lowest BCUT2D eigenvalue weighted by molar-refractivity contribution is -0.386. The summed E-state index contributed by atoms with van der Waals surface area (Å²) in [4.78, 5) is 10.2. The molecule has 3 nitrogen and oxygen atoms in total. The maximum absolute atomic E-state index is 12.4. The van der Waals surface area contributed by atoms with Gasteiger partial charge in [-0.2, -0.15) is 0 Å². The lowest BCUT2D eigenvalue weighted by atomic mass is 10.0. The van der Waals surface area contributed by atoms with Crippen molar-refractivity contribution >= 4 is 21.6 Å². The van der Waals surface area contributed by atoms with Crippen LogP contribution in [0.3, 0.4) is 0 Å². The average Bonchev–Trinajstić information content (AvgIpc) is 2.15. The molecule has 0 N–H and O–H groups in total. The Bertz CT molecular complexity index is 357. The molecule has 0 saturated carbocycles. The largest absolute Gasteiger partial charge is 0.287 e. The molecular weight excluding hydrogens is 253 g/mol. The summed E-state index contributed by atoms with van der Waals surface area (Å²) in [5.41, 5.74) is 0.379. The van der Waals surface area contributed by atoms with Crippen LogP contribution in [0.4, 0.5) is 10.1 Å². The first-order valence-electron chi connectivity index (χ1n) is 4.06. The van der Waals surface area contributed by atoms with Crippen molar-refractivity contribution in [2.24, 2.45) is 0 Å². The standard InChI is InChI=1S/C9H9BrFNO2/c1-6(5-11)7-3-2-4-8(10)9(7)12(13)14/h2-4,6H,5H2,1H3. The van der Waals surface area contributed by atoms with E-state index in [4.69, 9.17) is 0 Å². The molecule has 1 aromatic rings. The monoisotopic (exact) mass is 261 g/mol. The van der Waals surface area contributed by atoms with Crippen LogP contribution >= 0.6 is 15.9 Å². The van der Waals surface area contributed by atoms with Gasteiger partial charge in [0.25, 0.3) is 5.69 Å². The maximum Gasteiger partial charge on any atom is 0.287 e. The number of nitro groups is 1. The van der Waals surface area contributed by atoms with E-state index in [9.17, 15) is 14.5 Å². The number of nitrogens with zero attached hydrogens (tertiary/aromatic N) is 1. The molecule has 76 valence electrons. The minimum Gasteiger partial charge on any atom is -0.258 e. The number of benzene rings is 1. The number of rotatable bonds is 3. The molecular formula is C9H9BrFNO2. The summed E-state index contributed by atoms with van der Waals surface area (Å²) in [7, 11) is 0. The van der Waals surface area contributed by atoms with Crippen LogP contribution in [0.2, 0.25) is 0 Å². The van der Waals surface area contributed by atoms with Crippen LogP contribution in [-0.2, 0) is 0 Å². The number of hydrogen-bond acceptors (Lipinski definition) is 2. The zero-order valence-corrected chi connectivity index (χ0v) is 9.12. The highest BCUT2D eigenvalue weighted by molar-refractivity contribution is 9.10. The quantitative estimate of drug-likeness (QED) is 0.618. The van der Waals surface area contributed by atoms with Gasteiger partial charge in [0.1, 0.15) is 0 Å². The predicted octanol–water partition coefficient (Wildman–Crippen LogP) is 3.43. The molecule has 0 radical (unpaired) electrons. The van der Waals surface area contributed by atoms with E-state index in [0.29, 0.717) is 10.0 Å². The van der Waals surface area contributed by atoms with Gasteiger partial charge in [0.2, 0.25) is 0 Å². The van der Waals surface area contributed by atoms with Gasteiger partial charge in [-0.25, -0.2) is 0 Å². The van der Waals surface area contributed by atoms with Crippen molar-refractivity contribution in [2.45, 2.75) is 12.8 Å². The lowest BCUT2D eigenvalue weighted by Crippen LogP contribution is -2.01. The molecule has 5 heteroatoms. The first-order chi connectivity index (χ1) is 6.57. The Labute approximate surface area is 89.2 Å². The maximum atomic E-state index is 12.4. The third-order valence-electron chi connectivity index (χ3n) is 1.96. The first-order valence-corrected chi connectivity index (χ1v) is 4.86. The van der Waals surface area contributed by atoms with Gasteiger partial charge < -0.3 is 0 Å². The van der Waals surface area contributed by atoms with Crippen LogP contribution in [0, 0.1) is 10.1 Å². The third-order valence-corrected chi connectivity index (χ3v) is 2.60. The zero-order chi connectivity index (χ0) is 10.7. The van der Waals surface area contributed by atoms with E-state index in [1.165, 1.54) is 0 Å². The van der Waals surface area contributed by atoms with Gasteiger partial charge in [0, 0.05) is 11.5 Å². The highest BCUT2D eigenvalue weighted by atomic mass is 79.9. The molecule has 0 aromatic heterocycles. The van der Waals surface area contributed by atoms with Gasteiger partial charge in [-0.3, -0.25) is 14.5 Å². The normalized spacial score (nSPS) is 12.5. The second-order valence-corrected chi connectivity index (χ2v) is 3.84. The Balaban J connectivity index is 3.28. The van der Waals surface area contributed by atoms with E-state index in [1.807, 2.05) is 0 Å². The molecule has 1 unspecified atom stereocenters. The molecule has 1 rings (SSSR count). The molecule has 0 spiro atoms. The molecule has 0 amide bonds. The Morgan fingerprint density at radius 1 is 1.64 bits per heavy atom. The van der Waals surface area contributed by atoms with Crippen LogP contribution in [-0.4, -0.2) is 11.6 Å². The van der Waals surface area contributed by atoms with Crippen molar-refractivity contribution in [3.05, 3.63) is 38.3 Å². The van der Waals surface area contributed by atoms with Gasteiger partial charge in [-0.15, -0.1) is 0 Å². The predicted molar refractivity (Wildman–Crippen MR) is 55.2 cm³/mol. The summed E-state index contributed by atoms with van der Waals surface area (Å²) in [6, 6.07) is 4.82. The molecule has 0 bridgehead atoms. The van der Waals surface area contributed by atoms with Crippen LogP contribution in [0.15, 0.2) is 22.7 Å². The van der Waals surface area contributed by atoms with Gasteiger partial charge in [-0.05, 0) is 22.0 Å². The van der Waals surface area contributed by atoms with Crippen molar-refractivity contribution in [1.29, 1.82) is 0 Å². The number of para-hydroxylation sites is 1. The Kier molecular flexibility index (Phi) is 3.57. The molecule has 0 aliphatic carbocycles. The molecule has 0 fully saturated rings. The van der Waals surface area contributed by atoms with Crippen LogP contribution in [0.1, 0.15) is 18.4 Å². The fraction of sp³-hybridized carbons (Fsp3) is 0.333. The summed E-state index contributed by atoms with van der Waals surface area (Å²) >= 11 is 3.08. The molecule has 0 saturated heterocycles. The third kappa shape index (κ3) is 2.09. The number of alkyl halides is 1. The molecule has 1 aromatic carbocycles. The fourth-order valence-electron chi connectivity index (χ4n) is 1.21. The first kappa shape index (κ1) is 11.1. The van der Waals surface area contributed by atoms with Gasteiger partial charge >= 0.3 is 0 Å². The highest BCUT2D eigenvalue weighted by Gasteiger charge is 2.21. The molecule has 0 aliphatic rings. The van der Waals surface area contributed by atoms with Crippen LogP contribution in [0.5, 0.6) is 0 Å². The minimum atomic E-state index is -0.600. The minimum absolute atomic E-state index is 0.0438. The fourth-order valence-corrected chi connectivity index (χ4v) is 1.73. The van der Waals surface area contributed by atoms with Crippen molar-refractivity contribution in [3.8, 4) is 0 Å². The molecule has 0 heterocycles. The molecule has 1 atom stereocenters. The van der Waals surface area contributed by atoms with E-state index in [-0.39, 0.29) is 5.69 Å². The van der Waals surface area contributed by atoms with Crippen molar-refractivity contribution < 1.29 is 9.31 Å². The molecule has 0 aliphatic heterocycles. The van der Waals surface area contributed by atoms with E-state index < -0.39 is 17.5 Å². The Hall–Kier alpha value is -0.970. The Morgan fingerprint density at radius 2 is 2.29 bits per heavy atom. The zero-order valence-electron chi connectivity index (χ0n) is 7.54. The lowest BCUT2D eigenvalue weighted by Gasteiger charge is -2.08. The SMILES string of the molecule is CC(CF)c1cccc(Br)c1[N+](=O)[O-]. The van der Waals surface area contributed by atoms with Gasteiger partial charge in [-0.1, -0.05) is 19.1 Å². The average molecular weight is 262 g/mol. The number of hydrogen-bond donors (Lipinski definition) is 0. The molecule has 14 heavy (non-hydrogen) atoms. The van der Waals surface area contributed by atoms with Crippen molar-refractivity contribution in [2.75, 3.05) is 6.67 Å². The van der Waals surface area contributed by atoms with Crippen molar-refractivity contribution in [3.63, 3.8) is 0 Å². The van der Waals surface area contributed by atoms with E-state index in [0.717, 1.165) is 0 Å². The van der Waals surface area contributed by atoms with Crippen molar-refractivity contribution in [1.82, 2.24) is 0 Å². The number of nitro benzene ring substituents is 1. The van der Waals surface area contributed by atoms with Gasteiger partial charge in [0.05, 0.1) is 16.1 Å².